The summed E-state index contributed by atoms with van der Waals surface area (Å²) < 4.78 is 51.1. The molecule has 3 rings (SSSR count). The third-order valence-electron chi connectivity index (χ3n) is 3.86. The monoisotopic (exact) mass is 391 g/mol. The lowest BCUT2D eigenvalue weighted by molar-refractivity contribution is 0.413. The molecule has 9 heteroatoms. The highest BCUT2D eigenvalue weighted by molar-refractivity contribution is 7.89. The number of aryl methyl sites for hydroxylation is 1. The van der Waals surface area contributed by atoms with E-state index in [1.165, 1.54) is 19.1 Å². The van der Waals surface area contributed by atoms with E-state index >= 15 is 0 Å². The van der Waals surface area contributed by atoms with Crippen molar-refractivity contribution in [3.8, 4) is 17.2 Å². The Balaban J connectivity index is 1.67. The van der Waals surface area contributed by atoms with Gasteiger partial charge < -0.3 is 9.15 Å². The van der Waals surface area contributed by atoms with Crippen LogP contribution in [0.1, 0.15) is 11.5 Å². The van der Waals surface area contributed by atoms with Crippen LogP contribution in [0.4, 0.5) is 4.39 Å². The molecule has 0 amide bonds. The first-order chi connectivity index (χ1) is 12.9. The van der Waals surface area contributed by atoms with Gasteiger partial charge in [0.05, 0.1) is 17.6 Å². The Hall–Kier alpha value is -2.78. The number of hydrogen-bond acceptors (Lipinski definition) is 6. The summed E-state index contributed by atoms with van der Waals surface area (Å²) in [6.07, 6.45) is 0.210. The minimum Gasteiger partial charge on any atom is -0.496 e. The number of para-hydroxylation sites is 1. The van der Waals surface area contributed by atoms with Crippen LogP contribution in [0.3, 0.4) is 0 Å². The Morgan fingerprint density at radius 2 is 1.96 bits per heavy atom. The second kappa shape index (κ2) is 7.85. The first-order valence-corrected chi connectivity index (χ1v) is 9.60. The van der Waals surface area contributed by atoms with E-state index in [-0.39, 0.29) is 23.8 Å². The van der Waals surface area contributed by atoms with E-state index < -0.39 is 15.8 Å². The Morgan fingerprint density at radius 3 is 2.70 bits per heavy atom. The fourth-order valence-corrected chi connectivity index (χ4v) is 3.83. The second-order valence-corrected chi connectivity index (χ2v) is 7.49. The van der Waals surface area contributed by atoms with Crippen LogP contribution in [0.2, 0.25) is 0 Å². The van der Waals surface area contributed by atoms with E-state index in [2.05, 4.69) is 14.9 Å². The summed E-state index contributed by atoms with van der Waals surface area (Å²) in [7, 11) is -2.22. The fourth-order valence-electron chi connectivity index (χ4n) is 2.57. The number of halogens is 1. The molecular weight excluding hydrogens is 373 g/mol. The number of methoxy groups -OCH3 is 1. The van der Waals surface area contributed by atoms with Crippen molar-refractivity contribution in [2.45, 2.75) is 18.2 Å². The van der Waals surface area contributed by atoms with Crippen LogP contribution in [0.15, 0.2) is 51.8 Å². The van der Waals surface area contributed by atoms with Gasteiger partial charge in [0.1, 0.15) is 11.6 Å². The highest BCUT2D eigenvalue weighted by atomic mass is 32.2. The van der Waals surface area contributed by atoms with Crippen molar-refractivity contribution in [2.24, 2.45) is 0 Å². The van der Waals surface area contributed by atoms with Crippen molar-refractivity contribution < 1.29 is 22.0 Å². The van der Waals surface area contributed by atoms with Crippen molar-refractivity contribution >= 4 is 10.0 Å². The van der Waals surface area contributed by atoms with E-state index in [1.54, 1.807) is 19.2 Å². The molecule has 27 heavy (non-hydrogen) atoms. The van der Waals surface area contributed by atoms with Crippen LogP contribution in [0, 0.1) is 12.7 Å². The highest BCUT2D eigenvalue weighted by Crippen LogP contribution is 2.28. The summed E-state index contributed by atoms with van der Waals surface area (Å²) in [5.41, 5.74) is 0.986. The molecule has 0 fully saturated rings. The summed E-state index contributed by atoms with van der Waals surface area (Å²) in [5.74, 6) is 0.690. The Morgan fingerprint density at radius 1 is 1.19 bits per heavy atom. The van der Waals surface area contributed by atoms with Gasteiger partial charge in [-0.3, -0.25) is 0 Å². The average Bonchev–Trinajstić information content (AvgIpc) is 3.10. The van der Waals surface area contributed by atoms with Crippen molar-refractivity contribution in [1.29, 1.82) is 0 Å². The Labute approximate surface area is 156 Å². The third kappa shape index (κ3) is 4.32. The number of sulfonamides is 1. The van der Waals surface area contributed by atoms with Gasteiger partial charge in [-0.25, -0.2) is 17.5 Å². The molecule has 0 saturated heterocycles. The molecule has 0 radical (unpaired) electrons. The van der Waals surface area contributed by atoms with Crippen LogP contribution >= 0.6 is 0 Å². The molecule has 0 bridgehead atoms. The van der Waals surface area contributed by atoms with Crippen LogP contribution in [0.5, 0.6) is 5.75 Å². The maximum absolute atomic E-state index is 13.2. The van der Waals surface area contributed by atoms with E-state index in [0.29, 0.717) is 22.8 Å². The Kier molecular flexibility index (Phi) is 5.52. The van der Waals surface area contributed by atoms with Gasteiger partial charge in [-0.15, -0.1) is 10.2 Å². The average molecular weight is 391 g/mol. The van der Waals surface area contributed by atoms with Crippen molar-refractivity contribution in [1.82, 2.24) is 14.9 Å². The molecule has 0 spiro atoms. The van der Waals surface area contributed by atoms with E-state index in [9.17, 15) is 12.8 Å². The van der Waals surface area contributed by atoms with E-state index in [1.807, 2.05) is 12.1 Å². The minimum absolute atomic E-state index is 0.0316. The molecule has 7 nitrogen and oxygen atoms in total. The smallest absolute Gasteiger partial charge is 0.251 e. The van der Waals surface area contributed by atoms with Crippen LogP contribution < -0.4 is 9.46 Å². The minimum atomic E-state index is -3.76. The normalized spacial score (nSPS) is 11.5. The number of nitrogens with zero attached hydrogens (tertiary/aromatic N) is 2. The summed E-state index contributed by atoms with van der Waals surface area (Å²) in [5, 5.41) is 7.91. The molecule has 0 unspecified atom stereocenters. The number of rotatable bonds is 7. The maximum atomic E-state index is 13.2. The third-order valence-corrected chi connectivity index (χ3v) is 5.48. The Bertz CT molecular complexity index is 1050. The molecular formula is C18H18FN3O4S. The predicted octanol–water partition coefficient (Wildman–Crippen LogP) is 2.71. The van der Waals surface area contributed by atoms with Crippen molar-refractivity contribution in [3.63, 3.8) is 0 Å². The summed E-state index contributed by atoms with van der Waals surface area (Å²) in [6, 6.07) is 10.7. The standard InChI is InChI=1S/C18H18FN3O4S/c1-12-11-13(19)7-8-16(12)27(23,24)20-10-9-17-21-22-18(26-17)14-5-3-4-6-15(14)25-2/h3-8,11,20H,9-10H2,1-2H3. The largest absolute Gasteiger partial charge is 0.496 e. The highest BCUT2D eigenvalue weighted by Gasteiger charge is 2.18. The molecule has 0 aliphatic carbocycles. The van der Waals surface area contributed by atoms with Gasteiger partial charge >= 0.3 is 0 Å². The summed E-state index contributed by atoms with van der Waals surface area (Å²) >= 11 is 0. The number of aromatic nitrogens is 2. The molecule has 1 aromatic heterocycles. The second-order valence-electron chi connectivity index (χ2n) is 5.76. The van der Waals surface area contributed by atoms with Gasteiger partial charge in [-0.1, -0.05) is 12.1 Å². The lowest BCUT2D eigenvalue weighted by Crippen LogP contribution is -2.26. The zero-order valence-corrected chi connectivity index (χ0v) is 15.6. The molecule has 0 aliphatic rings. The molecule has 1 heterocycles. The van der Waals surface area contributed by atoms with Gasteiger partial charge in [0, 0.05) is 13.0 Å². The van der Waals surface area contributed by atoms with Crippen molar-refractivity contribution in [3.05, 3.63) is 59.7 Å². The predicted molar refractivity (Wildman–Crippen MR) is 96.3 cm³/mol. The number of nitrogens with one attached hydrogen (secondary N) is 1. The number of ether oxygens (including phenoxy) is 1. The molecule has 142 valence electrons. The van der Waals surface area contributed by atoms with Crippen molar-refractivity contribution in [2.75, 3.05) is 13.7 Å². The SMILES string of the molecule is COc1ccccc1-c1nnc(CCNS(=O)(=O)c2ccc(F)cc2C)o1. The zero-order valence-electron chi connectivity index (χ0n) is 14.8. The summed E-state index contributed by atoms with van der Waals surface area (Å²) in [6.45, 7) is 1.60. The molecule has 3 aromatic rings. The van der Waals surface area contributed by atoms with Crippen LogP contribution in [0.25, 0.3) is 11.5 Å². The van der Waals surface area contributed by atoms with Gasteiger partial charge in [0.25, 0.3) is 5.89 Å². The van der Waals surface area contributed by atoms with Crippen LogP contribution in [-0.4, -0.2) is 32.3 Å². The molecule has 2 aromatic carbocycles. The quantitative estimate of drug-likeness (QED) is 0.666. The number of benzene rings is 2. The van der Waals surface area contributed by atoms with E-state index in [4.69, 9.17) is 9.15 Å². The lowest BCUT2D eigenvalue weighted by Gasteiger charge is -2.08. The number of hydrogen-bond donors (Lipinski definition) is 1. The maximum Gasteiger partial charge on any atom is 0.251 e. The van der Waals surface area contributed by atoms with E-state index in [0.717, 1.165) is 6.07 Å². The summed E-state index contributed by atoms with van der Waals surface area (Å²) in [4.78, 5) is 0.0316. The molecule has 0 atom stereocenters. The topological polar surface area (TPSA) is 94.3 Å². The first-order valence-electron chi connectivity index (χ1n) is 8.12. The zero-order chi connectivity index (χ0) is 19.4. The van der Waals surface area contributed by atoms with Gasteiger partial charge in [-0.05, 0) is 42.8 Å². The molecule has 0 saturated carbocycles. The molecule has 0 aliphatic heterocycles. The molecule has 1 N–H and O–H groups in total. The van der Waals surface area contributed by atoms with Gasteiger partial charge in [-0.2, -0.15) is 0 Å². The van der Waals surface area contributed by atoms with Crippen LogP contribution in [-0.2, 0) is 16.4 Å². The fraction of sp³-hybridized carbons (Fsp3) is 0.222. The van der Waals surface area contributed by atoms with Gasteiger partial charge in [0.15, 0.2) is 0 Å². The first kappa shape index (κ1) is 19.0. The van der Waals surface area contributed by atoms with Gasteiger partial charge in [0.2, 0.25) is 15.9 Å². The lowest BCUT2D eigenvalue weighted by atomic mass is 10.2.